The van der Waals surface area contributed by atoms with Gasteiger partial charge in [-0.05, 0) is 29.8 Å². The first kappa shape index (κ1) is 16.5. The highest BCUT2D eigenvalue weighted by molar-refractivity contribution is 6.35. The lowest BCUT2D eigenvalue weighted by Crippen LogP contribution is -2.40. The van der Waals surface area contributed by atoms with E-state index >= 15 is 0 Å². The van der Waals surface area contributed by atoms with Crippen LogP contribution in [0, 0.1) is 0 Å². The molecule has 23 heavy (non-hydrogen) atoms. The largest absolute Gasteiger partial charge is 0.497 e. The Labute approximate surface area is 134 Å². The van der Waals surface area contributed by atoms with Crippen LogP contribution < -0.4 is 15.4 Å². The number of hydrogen-bond donors (Lipinski definition) is 2. The van der Waals surface area contributed by atoms with Crippen molar-refractivity contribution in [2.75, 3.05) is 13.7 Å². The molecular formula is C17H19N3O3. The summed E-state index contributed by atoms with van der Waals surface area (Å²) in [6.45, 7) is 0.631. The molecule has 0 bridgehead atoms. The number of aromatic nitrogens is 1. The molecule has 2 N–H and O–H groups in total. The average molecular weight is 313 g/mol. The van der Waals surface area contributed by atoms with Crippen LogP contribution in [0.25, 0.3) is 0 Å². The molecule has 0 radical (unpaired) electrons. The number of nitrogens with zero attached hydrogens (tertiary/aromatic N) is 1. The van der Waals surface area contributed by atoms with Gasteiger partial charge in [0.15, 0.2) is 0 Å². The Bertz CT molecular complexity index is 659. The maximum Gasteiger partial charge on any atom is 0.309 e. The van der Waals surface area contributed by atoms with E-state index in [0.717, 1.165) is 11.3 Å². The number of nitrogens with one attached hydrogen (secondary N) is 2. The molecule has 0 saturated heterocycles. The molecule has 0 saturated carbocycles. The van der Waals surface area contributed by atoms with Crippen molar-refractivity contribution in [2.45, 2.75) is 13.0 Å². The van der Waals surface area contributed by atoms with Crippen LogP contribution in [0.3, 0.4) is 0 Å². The highest BCUT2D eigenvalue weighted by atomic mass is 16.5. The van der Waals surface area contributed by atoms with Gasteiger partial charge in [0.05, 0.1) is 7.11 Å². The van der Waals surface area contributed by atoms with Crippen molar-refractivity contribution in [3.05, 3.63) is 59.9 Å². The van der Waals surface area contributed by atoms with Crippen LogP contribution in [0.4, 0.5) is 0 Å². The minimum absolute atomic E-state index is 0.268. The van der Waals surface area contributed by atoms with Gasteiger partial charge in [0, 0.05) is 31.4 Å². The van der Waals surface area contributed by atoms with Gasteiger partial charge in [-0.1, -0.05) is 18.2 Å². The molecule has 0 aliphatic rings. The molecule has 120 valence electrons. The number of hydrogen-bond acceptors (Lipinski definition) is 4. The number of carbonyl (C=O) groups excluding carboxylic acids is 2. The molecule has 2 aromatic rings. The van der Waals surface area contributed by atoms with Crippen LogP contribution in [0.2, 0.25) is 0 Å². The smallest absolute Gasteiger partial charge is 0.309 e. The Kier molecular flexibility index (Phi) is 6.11. The number of carbonyl (C=O) groups is 2. The quantitative estimate of drug-likeness (QED) is 0.782. The molecule has 1 aromatic carbocycles. The molecule has 1 heterocycles. The predicted octanol–water partition coefficient (Wildman–Crippen LogP) is 1.07. The fourth-order valence-electron chi connectivity index (χ4n) is 1.98. The summed E-state index contributed by atoms with van der Waals surface area (Å²) in [5, 5.41) is 5.15. The van der Waals surface area contributed by atoms with E-state index < -0.39 is 11.8 Å². The summed E-state index contributed by atoms with van der Waals surface area (Å²) >= 11 is 0. The number of pyridine rings is 1. The Hall–Kier alpha value is -2.89. The van der Waals surface area contributed by atoms with E-state index in [-0.39, 0.29) is 6.54 Å². The topological polar surface area (TPSA) is 80.3 Å². The second kappa shape index (κ2) is 8.53. The first-order chi connectivity index (χ1) is 11.2. The summed E-state index contributed by atoms with van der Waals surface area (Å²) in [6, 6.07) is 12.9. The van der Waals surface area contributed by atoms with Crippen molar-refractivity contribution < 1.29 is 14.3 Å². The number of amides is 2. The van der Waals surface area contributed by atoms with Crippen LogP contribution in [0.15, 0.2) is 48.7 Å². The second-order valence-corrected chi connectivity index (χ2v) is 4.86. The van der Waals surface area contributed by atoms with Gasteiger partial charge in [-0.25, -0.2) is 0 Å². The van der Waals surface area contributed by atoms with E-state index in [9.17, 15) is 9.59 Å². The zero-order valence-corrected chi connectivity index (χ0v) is 12.9. The lowest BCUT2D eigenvalue weighted by molar-refractivity contribution is -0.139. The first-order valence-electron chi connectivity index (χ1n) is 7.28. The SMILES string of the molecule is COc1cccc(CNC(=O)C(=O)NCCc2ccccn2)c1. The summed E-state index contributed by atoms with van der Waals surface area (Å²) in [5.74, 6) is -0.603. The van der Waals surface area contributed by atoms with E-state index in [4.69, 9.17) is 4.74 Å². The van der Waals surface area contributed by atoms with Gasteiger partial charge >= 0.3 is 11.8 Å². The number of methoxy groups -OCH3 is 1. The van der Waals surface area contributed by atoms with Gasteiger partial charge in [-0.3, -0.25) is 14.6 Å². The fourth-order valence-corrected chi connectivity index (χ4v) is 1.98. The van der Waals surface area contributed by atoms with Gasteiger partial charge in [-0.2, -0.15) is 0 Å². The molecule has 2 amide bonds. The van der Waals surface area contributed by atoms with Gasteiger partial charge in [0.1, 0.15) is 5.75 Å². The normalized spacial score (nSPS) is 9.96. The van der Waals surface area contributed by atoms with Crippen molar-refractivity contribution in [1.82, 2.24) is 15.6 Å². The number of rotatable bonds is 6. The number of benzene rings is 1. The zero-order chi connectivity index (χ0) is 16.5. The maximum atomic E-state index is 11.7. The molecular weight excluding hydrogens is 294 g/mol. The summed E-state index contributed by atoms with van der Waals surface area (Å²) < 4.78 is 5.11. The third-order valence-electron chi connectivity index (χ3n) is 3.19. The lowest BCUT2D eigenvalue weighted by Gasteiger charge is -2.07. The minimum atomic E-state index is -0.658. The van der Waals surface area contributed by atoms with E-state index in [0.29, 0.717) is 18.7 Å². The highest BCUT2D eigenvalue weighted by Gasteiger charge is 2.12. The third kappa shape index (κ3) is 5.43. The predicted molar refractivity (Wildman–Crippen MR) is 85.8 cm³/mol. The van der Waals surface area contributed by atoms with Crippen molar-refractivity contribution in [2.24, 2.45) is 0 Å². The molecule has 0 atom stereocenters. The molecule has 0 fully saturated rings. The fraction of sp³-hybridized carbons (Fsp3) is 0.235. The number of ether oxygens (including phenoxy) is 1. The van der Waals surface area contributed by atoms with Gasteiger partial charge < -0.3 is 15.4 Å². The summed E-state index contributed by atoms with van der Waals surface area (Å²) in [6.07, 6.45) is 2.27. The Morgan fingerprint density at radius 2 is 1.91 bits per heavy atom. The van der Waals surface area contributed by atoms with Gasteiger partial charge in [-0.15, -0.1) is 0 Å². The molecule has 0 aliphatic carbocycles. The Morgan fingerprint density at radius 3 is 2.65 bits per heavy atom. The molecule has 0 unspecified atom stereocenters. The van der Waals surface area contributed by atoms with Gasteiger partial charge in [0.25, 0.3) is 0 Å². The molecule has 6 nitrogen and oxygen atoms in total. The van der Waals surface area contributed by atoms with Crippen LogP contribution >= 0.6 is 0 Å². The van der Waals surface area contributed by atoms with Crippen LogP contribution in [-0.2, 0) is 22.6 Å². The summed E-state index contributed by atoms with van der Waals surface area (Å²) in [7, 11) is 1.58. The second-order valence-electron chi connectivity index (χ2n) is 4.86. The van der Waals surface area contributed by atoms with Crippen LogP contribution in [0.1, 0.15) is 11.3 Å². The Balaban J connectivity index is 1.73. The Morgan fingerprint density at radius 1 is 1.09 bits per heavy atom. The molecule has 2 rings (SSSR count). The van der Waals surface area contributed by atoms with Gasteiger partial charge in [0.2, 0.25) is 0 Å². The molecule has 6 heteroatoms. The minimum Gasteiger partial charge on any atom is -0.497 e. The van der Waals surface area contributed by atoms with Crippen molar-refractivity contribution in [3.8, 4) is 5.75 Å². The van der Waals surface area contributed by atoms with Crippen LogP contribution in [-0.4, -0.2) is 30.5 Å². The van der Waals surface area contributed by atoms with E-state index in [1.165, 1.54) is 0 Å². The standard InChI is InChI=1S/C17H19N3O3/c1-23-15-7-4-5-13(11-15)12-20-17(22)16(21)19-10-8-14-6-2-3-9-18-14/h2-7,9,11H,8,10,12H2,1H3,(H,19,21)(H,20,22). The summed E-state index contributed by atoms with van der Waals surface area (Å²) in [4.78, 5) is 27.6. The third-order valence-corrected chi connectivity index (χ3v) is 3.19. The summed E-state index contributed by atoms with van der Waals surface area (Å²) in [5.41, 5.74) is 1.73. The van der Waals surface area contributed by atoms with Crippen molar-refractivity contribution in [1.29, 1.82) is 0 Å². The molecule has 0 spiro atoms. The monoisotopic (exact) mass is 313 g/mol. The van der Waals surface area contributed by atoms with Crippen molar-refractivity contribution >= 4 is 11.8 Å². The average Bonchev–Trinajstić information content (AvgIpc) is 2.60. The van der Waals surface area contributed by atoms with Crippen LogP contribution in [0.5, 0.6) is 5.75 Å². The zero-order valence-electron chi connectivity index (χ0n) is 12.9. The van der Waals surface area contributed by atoms with E-state index in [2.05, 4.69) is 15.6 Å². The highest BCUT2D eigenvalue weighted by Crippen LogP contribution is 2.11. The van der Waals surface area contributed by atoms with Crippen molar-refractivity contribution in [3.63, 3.8) is 0 Å². The molecule has 1 aromatic heterocycles. The van der Waals surface area contributed by atoms with E-state index in [1.54, 1.807) is 19.4 Å². The molecule has 0 aliphatic heterocycles. The first-order valence-corrected chi connectivity index (χ1v) is 7.28. The maximum absolute atomic E-state index is 11.7. The lowest BCUT2D eigenvalue weighted by atomic mass is 10.2. The van der Waals surface area contributed by atoms with E-state index in [1.807, 2.05) is 36.4 Å².